The highest BCUT2D eigenvalue weighted by atomic mass is 19.1. The van der Waals surface area contributed by atoms with Crippen molar-refractivity contribution in [2.75, 3.05) is 39.9 Å². The molecular weight excluding hydrogens is 342 g/mol. The highest BCUT2D eigenvalue weighted by molar-refractivity contribution is 5.77. The van der Waals surface area contributed by atoms with Crippen LogP contribution < -0.4 is 4.74 Å². The molecule has 0 unspecified atom stereocenters. The Balaban J connectivity index is 1.72. The summed E-state index contributed by atoms with van der Waals surface area (Å²) in [6.45, 7) is 2.59. The van der Waals surface area contributed by atoms with E-state index >= 15 is 0 Å². The van der Waals surface area contributed by atoms with Gasteiger partial charge in [0.25, 0.3) is 0 Å². The number of β-amino-alcohol motifs (C(OH)–C–C–N with tert-alkyl or cyclic N) is 1. The topological polar surface area (TPSA) is 53.0 Å². The van der Waals surface area contributed by atoms with E-state index in [2.05, 4.69) is 4.90 Å². The summed E-state index contributed by atoms with van der Waals surface area (Å²) in [5, 5.41) is 9.18. The molecule has 144 valence electrons. The lowest BCUT2D eigenvalue weighted by molar-refractivity contribution is -0.140. The maximum atomic E-state index is 14.3. The number of likely N-dealkylation sites (tertiary alicyclic amines) is 2. The summed E-state index contributed by atoms with van der Waals surface area (Å²) in [4.78, 5) is 15.8. The number of methoxy groups -OCH3 is 1. The van der Waals surface area contributed by atoms with Crippen LogP contribution >= 0.6 is 0 Å². The Bertz CT molecular complexity index is 647. The average Bonchev–Trinajstić information content (AvgIpc) is 2.62. The van der Waals surface area contributed by atoms with Crippen molar-refractivity contribution in [3.63, 3.8) is 0 Å². The molecule has 1 atom stereocenters. The van der Waals surface area contributed by atoms with Gasteiger partial charge < -0.3 is 14.7 Å². The molecule has 2 fully saturated rings. The summed E-state index contributed by atoms with van der Waals surface area (Å²) in [7, 11) is 1.38. The number of nitrogens with zero attached hydrogens (tertiary/aromatic N) is 2. The predicted octanol–water partition coefficient (Wildman–Crippen LogP) is 2.17. The van der Waals surface area contributed by atoms with Crippen LogP contribution in [-0.4, -0.2) is 60.7 Å². The smallest absolute Gasteiger partial charge is 0.222 e. The molecule has 1 amide bonds. The summed E-state index contributed by atoms with van der Waals surface area (Å²) < 4.78 is 33.5. The first-order valence-corrected chi connectivity index (χ1v) is 9.09. The van der Waals surface area contributed by atoms with Gasteiger partial charge in [-0.05, 0) is 25.8 Å². The molecule has 7 heteroatoms. The van der Waals surface area contributed by atoms with Crippen LogP contribution in [0.1, 0.15) is 31.2 Å². The maximum Gasteiger partial charge on any atom is 0.222 e. The minimum Gasteiger partial charge on any atom is -0.497 e. The third-order valence-corrected chi connectivity index (χ3v) is 5.59. The minimum atomic E-state index is -0.595. The van der Waals surface area contributed by atoms with E-state index in [1.54, 1.807) is 4.90 Å². The van der Waals surface area contributed by atoms with Gasteiger partial charge in [0, 0.05) is 55.7 Å². The van der Waals surface area contributed by atoms with Crippen LogP contribution in [0.3, 0.4) is 0 Å². The first-order valence-electron chi connectivity index (χ1n) is 9.09. The van der Waals surface area contributed by atoms with Gasteiger partial charge in [-0.15, -0.1) is 0 Å². The lowest BCUT2D eigenvalue weighted by Gasteiger charge is -2.48. The fourth-order valence-electron chi connectivity index (χ4n) is 4.28. The van der Waals surface area contributed by atoms with E-state index in [1.807, 2.05) is 0 Å². The number of halogens is 2. The number of aliphatic hydroxyl groups excluding tert-OH is 1. The van der Waals surface area contributed by atoms with Crippen LogP contribution in [0.4, 0.5) is 8.78 Å². The Hall–Kier alpha value is -1.73. The molecule has 0 bridgehead atoms. The number of rotatable bonds is 5. The maximum absolute atomic E-state index is 14.3. The molecule has 3 rings (SSSR count). The van der Waals surface area contributed by atoms with Crippen LogP contribution in [0.15, 0.2) is 12.1 Å². The number of hydrogen-bond donors (Lipinski definition) is 1. The van der Waals surface area contributed by atoms with E-state index in [1.165, 1.54) is 19.2 Å². The highest BCUT2D eigenvalue weighted by Crippen LogP contribution is 2.39. The average molecular weight is 368 g/mol. The van der Waals surface area contributed by atoms with Gasteiger partial charge in [0.1, 0.15) is 17.4 Å². The standard InChI is InChI=1S/C19H26F2N2O3/c1-26-14-9-16(20)15(17(21)10-14)11-22-6-2-4-19(12-22)5-3-18(25)23(13-19)7-8-24/h9-10,24H,2-8,11-13H2,1H3/t19-/m1/s1. The number of amides is 1. The zero-order valence-corrected chi connectivity index (χ0v) is 15.1. The highest BCUT2D eigenvalue weighted by Gasteiger charge is 2.41. The fourth-order valence-corrected chi connectivity index (χ4v) is 4.28. The van der Waals surface area contributed by atoms with E-state index in [0.717, 1.165) is 25.8 Å². The summed E-state index contributed by atoms with van der Waals surface area (Å²) in [5.74, 6) is -0.942. The normalized spacial score (nSPS) is 24.3. The largest absolute Gasteiger partial charge is 0.497 e. The van der Waals surface area contributed by atoms with E-state index in [9.17, 15) is 18.7 Å². The van der Waals surface area contributed by atoms with Gasteiger partial charge in [0.05, 0.1) is 13.7 Å². The summed E-state index contributed by atoms with van der Waals surface area (Å²) in [5.41, 5.74) is 0.00255. The molecule has 1 spiro atoms. The monoisotopic (exact) mass is 368 g/mol. The third kappa shape index (κ3) is 3.99. The van der Waals surface area contributed by atoms with Crippen molar-refractivity contribution in [1.82, 2.24) is 9.80 Å². The van der Waals surface area contributed by atoms with Crippen LogP contribution in [0.2, 0.25) is 0 Å². The lowest BCUT2D eigenvalue weighted by atomic mass is 9.73. The lowest BCUT2D eigenvalue weighted by Crippen LogP contribution is -2.54. The van der Waals surface area contributed by atoms with Gasteiger partial charge in [-0.2, -0.15) is 0 Å². The number of carbonyl (C=O) groups is 1. The zero-order valence-electron chi connectivity index (χ0n) is 15.1. The number of benzene rings is 1. The molecule has 0 aromatic heterocycles. The zero-order chi connectivity index (χ0) is 18.7. The van der Waals surface area contributed by atoms with Crippen molar-refractivity contribution >= 4 is 5.91 Å². The van der Waals surface area contributed by atoms with Crippen LogP contribution in [-0.2, 0) is 11.3 Å². The molecule has 1 N–H and O–H groups in total. The Kier molecular flexibility index (Phi) is 5.77. The number of carbonyl (C=O) groups excluding carboxylic acids is 1. The Morgan fingerprint density at radius 1 is 1.23 bits per heavy atom. The Labute approximate surface area is 152 Å². The number of aliphatic hydroxyl groups is 1. The fraction of sp³-hybridized carbons (Fsp3) is 0.632. The number of hydrogen-bond acceptors (Lipinski definition) is 4. The van der Waals surface area contributed by atoms with Gasteiger partial charge in [-0.3, -0.25) is 9.69 Å². The van der Waals surface area contributed by atoms with Crippen molar-refractivity contribution < 1.29 is 23.4 Å². The third-order valence-electron chi connectivity index (χ3n) is 5.59. The van der Waals surface area contributed by atoms with Crippen molar-refractivity contribution in [2.45, 2.75) is 32.2 Å². The van der Waals surface area contributed by atoms with E-state index in [0.29, 0.717) is 26.1 Å². The first kappa shape index (κ1) is 19.0. The Morgan fingerprint density at radius 3 is 2.62 bits per heavy atom. The second kappa shape index (κ2) is 7.88. The predicted molar refractivity (Wildman–Crippen MR) is 92.8 cm³/mol. The second-order valence-electron chi connectivity index (χ2n) is 7.42. The molecule has 1 aromatic carbocycles. The van der Waals surface area contributed by atoms with E-state index < -0.39 is 11.6 Å². The SMILES string of the molecule is COc1cc(F)c(CN2CCC[C@@]3(CCC(=O)N(CCO)C3)C2)c(F)c1. The number of ether oxygens (including phenoxy) is 1. The van der Waals surface area contributed by atoms with Crippen molar-refractivity contribution in [1.29, 1.82) is 0 Å². The van der Waals surface area contributed by atoms with Gasteiger partial charge in [0.2, 0.25) is 5.91 Å². The number of piperidine rings is 2. The molecule has 1 aromatic rings. The van der Waals surface area contributed by atoms with Gasteiger partial charge in [0.15, 0.2) is 0 Å². The van der Waals surface area contributed by atoms with Gasteiger partial charge in [-0.1, -0.05) is 0 Å². The molecule has 2 saturated heterocycles. The summed E-state index contributed by atoms with van der Waals surface area (Å²) >= 11 is 0. The summed E-state index contributed by atoms with van der Waals surface area (Å²) in [6, 6.07) is 2.42. The minimum absolute atomic E-state index is 0.0478. The Morgan fingerprint density at radius 2 is 1.96 bits per heavy atom. The van der Waals surface area contributed by atoms with E-state index in [4.69, 9.17) is 4.74 Å². The van der Waals surface area contributed by atoms with Crippen LogP contribution in [0, 0.1) is 17.0 Å². The molecule has 2 aliphatic rings. The van der Waals surface area contributed by atoms with Crippen LogP contribution in [0.25, 0.3) is 0 Å². The van der Waals surface area contributed by atoms with Crippen LogP contribution in [0.5, 0.6) is 5.75 Å². The van der Waals surface area contributed by atoms with E-state index in [-0.39, 0.29) is 35.8 Å². The quantitative estimate of drug-likeness (QED) is 0.866. The molecule has 5 nitrogen and oxygen atoms in total. The van der Waals surface area contributed by atoms with Crippen molar-refractivity contribution in [3.05, 3.63) is 29.3 Å². The molecule has 2 aliphatic heterocycles. The first-order chi connectivity index (χ1) is 12.5. The molecule has 0 saturated carbocycles. The molecule has 2 heterocycles. The van der Waals surface area contributed by atoms with Gasteiger partial charge in [-0.25, -0.2) is 8.78 Å². The second-order valence-corrected chi connectivity index (χ2v) is 7.42. The van der Waals surface area contributed by atoms with Gasteiger partial charge >= 0.3 is 0 Å². The molecular formula is C19H26F2N2O3. The molecule has 26 heavy (non-hydrogen) atoms. The molecule has 0 radical (unpaired) electrons. The molecule has 0 aliphatic carbocycles. The van der Waals surface area contributed by atoms with Crippen molar-refractivity contribution in [3.8, 4) is 5.75 Å². The summed E-state index contributed by atoms with van der Waals surface area (Å²) in [6.07, 6.45) is 3.18. The van der Waals surface area contributed by atoms with Crippen molar-refractivity contribution in [2.24, 2.45) is 5.41 Å².